The Kier molecular flexibility index (Phi) is 6.01. The van der Waals surface area contributed by atoms with E-state index >= 15 is 0 Å². The molecule has 0 aliphatic rings. The summed E-state index contributed by atoms with van der Waals surface area (Å²) in [7, 11) is 1.40. The molecule has 0 spiro atoms. The number of carbonyl (C=O) groups excluding carboxylic acids is 1. The molecule has 5 heteroatoms. The normalized spacial score (nSPS) is 11.6. The SMILES string of the molecule is C#CCC(N)C(=O)N(CC)Cc1ccc(OC)c(F)c1. The summed E-state index contributed by atoms with van der Waals surface area (Å²) < 4.78 is 18.5. The molecule has 1 atom stereocenters. The van der Waals surface area contributed by atoms with Crippen molar-refractivity contribution < 1.29 is 13.9 Å². The molecule has 0 heterocycles. The molecular formula is C15H19FN2O2. The molecule has 4 nitrogen and oxygen atoms in total. The van der Waals surface area contributed by atoms with E-state index in [-0.39, 0.29) is 24.6 Å². The number of hydrogen-bond acceptors (Lipinski definition) is 3. The average Bonchev–Trinajstić information content (AvgIpc) is 2.44. The van der Waals surface area contributed by atoms with Crippen LogP contribution >= 0.6 is 0 Å². The predicted octanol–water partition coefficient (Wildman–Crippen LogP) is 1.53. The van der Waals surface area contributed by atoms with Gasteiger partial charge in [-0.15, -0.1) is 12.3 Å². The Morgan fingerprint density at radius 2 is 2.30 bits per heavy atom. The number of benzene rings is 1. The maximum absolute atomic E-state index is 13.6. The Bertz CT molecular complexity index is 511. The van der Waals surface area contributed by atoms with Gasteiger partial charge in [-0.25, -0.2) is 4.39 Å². The van der Waals surface area contributed by atoms with Crippen molar-refractivity contribution in [1.82, 2.24) is 4.90 Å². The Hall–Kier alpha value is -2.06. The highest BCUT2D eigenvalue weighted by molar-refractivity contribution is 5.81. The number of rotatable bonds is 6. The Morgan fingerprint density at radius 1 is 1.60 bits per heavy atom. The molecule has 1 unspecified atom stereocenters. The predicted molar refractivity (Wildman–Crippen MR) is 75.5 cm³/mol. The number of ether oxygens (including phenoxy) is 1. The Morgan fingerprint density at radius 3 is 2.80 bits per heavy atom. The van der Waals surface area contributed by atoms with Gasteiger partial charge in [0.05, 0.1) is 13.2 Å². The van der Waals surface area contributed by atoms with Crippen LogP contribution in [-0.2, 0) is 11.3 Å². The number of nitrogens with zero attached hydrogens (tertiary/aromatic N) is 1. The minimum atomic E-state index is -0.719. The second-order valence-electron chi connectivity index (χ2n) is 4.34. The standard InChI is InChI=1S/C15H19FN2O2/c1-4-6-13(17)15(19)18(5-2)10-11-7-8-14(20-3)12(16)9-11/h1,7-9,13H,5-6,10,17H2,2-3H3. The second kappa shape index (κ2) is 7.51. The minimum Gasteiger partial charge on any atom is -0.494 e. The highest BCUT2D eigenvalue weighted by Crippen LogP contribution is 2.18. The summed E-state index contributed by atoms with van der Waals surface area (Å²) >= 11 is 0. The van der Waals surface area contributed by atoms with Crippen LogP contribution < -0.4 is 10.5 Å². The molecule has 0 aliphatic carbocycles. The molecule has 0 radical (unpaired) electrons. The zero-order chi connectivity index (χ0) is 15.1. The van der Waals surface area contributed by atoms with E-state index in [1.165, 1.54) is 19.2 Å². The van der Waals surface area contributed by atoms with E-state index in [9.17, 15) is 9.18 Å². The highest BCUT2D eigenvalue weighted by Gasteiger charge is 2.19. The average molecular weight is 278 g/mol. The molecule has 0 aliphatic heterocycles. The first-order valence-electron chi connectivity index (χ1n) is 6.33. The fourth-order valence-corrected chi connectivity index (χ4v) is 1.82. The maximum atomic E-state index is 13.6. The van der Waals surface area contributed by atoms with Crippen molar-refractivity contribution in [2.75, 3.05) is 13.7 Å². The van der Waals surface area contributed by atoms with Crippen LogP contribution in [-0.4, -0.2) is 30.5 Å². The zero-order valence-corrected chi connectivity index (χ0v) is 11.7. The molecule has 0 bridgehead atoms. The van der Waals surface area contributed by atoms with Gasteiger partial charge in [0.2, 0.25) is 5.91 Å². The lowest BCUT2D eigenvalue weighted by Crippen LogP contribution is -2.43. The summed E-state index contributed by atoms with van der Waals surface area (Å²) in [6, 6.07) is 3.87. The zero-order valence-electron chi connectivity index (χ0n) is 11.7. The van der Waals surface area contributed by atoms with Gasteiger partial charge in [-0.1, -0.05) is 6.07 Å². The third kappa shape index (κ3) is 3.97. The number of methoxy groups -OCH3 is 1. The number of terminal acetylenes is 1. The van der Waals surface area contributed by atoms with Crippen molar-refractivity contribution in [2.45, 2.75) is 25.9 Å². The lowest BCUT2D eigenvalue weighted by molar-refractivity contribution is -0.132. The van der Waals surface area contributed by atoms with E-state index in [1.807, 2.05) is 6.92 Å². The number of hydrogen-bond donors (Lipinski definition) is 1. The van der Waals surface area contributed by atoms with Gasteiger partial charge in [0.1, 0.15) is 0 Å². The molecule has 1 aromatic rings. The van der Waals surface area contributed by atoms with Crippen LogP contribution in [0.3, 0.4) is 0 Å². The van der Waals surface area contributed by atoms with Crippen molar-refractivity contribution in [1.29, 1.82) is 0 Å². The van der Waals surface area contributed by atoms with E-state index in [4.69, 9.17) is 16.9 Å². The molecule has 0 saturated heterocycles. The Labute approximate surface area is 118 Å². The molecule has 0 aromatic heterocycles. The first-order chi connectivity index (χ1) is 9.53. The van der Waals surface area contributed by atoms with Gasteiger partial charge in [0.25, 0.3) is 0 Å². The lowest BCUT2D eigenvalue weighted by atomic mass is 10.1. The van der Waals surface area contributed by atoms with Crippen LogP contribution in [0.2, 0.25) is 0 Å². The van der Waals surface area contributed by atoms with E-state index in [0.717, 1.165) is 0 Å². The number of halogens is 1. The van der Waals surface area contributed by atoms with E-state index < -0.39 is 11.9 Å². The highest BCUT2D eigenvalue weighted by atomic mass is 19.1. The van der Waals surface area contributed by atoms with Crippen LogP contribution in [0.5, 0.6) is 5.75 Å². The maximum Gasteiger partial charge on any atom is 0.240 e. The summed E-state index contributed by atoms with van der Waals surface area (Å²) in [6.45, 7) is 2.60. The van der Waals surface area contributed by atoms with Crippen molar-refractivity contribution >= 4 is 5.91 Å². The molecule has 0 saturated carbocycles. The molecule has 1 amide bonds. The summed E-state index contributed by atoms with van der Waals surface area (Å²) in [5.74, 6) is 1.85. The molecule has 2 N–H and O–H groups in total. The van der Waals surface area contributed by atoms with Crippen molar-refractivity contribution in [3.63, 3.8) is 0 Å². The fourth-order valence-electron chi connectivity index (χ4n) is 1.82. The summed E-state index contributed by atoms with van der Waals surface area (Å²) in [6.07, 6.45) is 5.34. The lowest BCUT2D eigenvalue weighted by Gasteiger charge is -2.23. The summed E-state index contributed by atoms with van der Waals surface area (Å²) in [5, 5.41) is 0. The largest absolute Gasteiger partial charge is 0.494 e. The third-order valence-electron chi connectivity index (χ3n) is 2.94. The monoisotopic (exact) mass is 278 g/mol. The van der Waals surface area contributed by atoms with Gasteiger partial charge in [-0.3, -0.25) is 4.79 Å². The van der Waals surface area contributed by atoms with E-state index in [0.29, 0.717) is 12.1 Å². The van der Waals surface area contributed by atoms with Crippen LogP contribution in [0.15, 0.2) is 18.2 Å². The number of carbonyl (C=O) groups is 1. The molecular weight excluding hydrogens is 259 g/mol. The molecule has 108 valence electrons. The Balaban J connectivity index is 2.81. The topological polar surface area (TPSA) is 55.6 Å². The quantitative estimate of drug-likeness (QED) is 0.803. The molecule has 20 heavy (non-hydrogen) atoms. The van der Waals surface area contributed by atoms with Crippen LogP contribution in [0.1, 0.15) is 18.9 Å². The molecule has 1 aromatic carbocycles. The van der Waals surface area contributed by atoms with Gasteiger partial charge < -0.3 is 15.4 Å². The number of amides is 1. The van der Waals surface area contributed by atoms with Crippen LogP contribution in [0.25, 0.3) is 0 Å². The first kappa shape index (κ1) is 16.0. The molecule has 0 fully saturated rings. The van der Waals surface area contributed by atoms with Gasteiger partial charge in [-0.2, -0.15) is 0 Å². The second-order valence-corrected chi connectivity index (χ2v) is 4.34. The van der Waals surface area contributed by atoms with Gasteiger partial charge in [0, 0.05) is 19.5 Å². The van der Waals surface area contributed by atoms with Gasteiger partial charge in [0.15, 0.2) is 11.6 Å². The van der Waals surface area contributed by atoms with Crippen LogP contribution in [0, 0.1) is 18.2 Å². The van der Waals surface area contributed by atoms with Crippen molar-refractivity contribution in [3.8, 4) is 18.1 Å². The van der Waals surface area contributed by atoms with Gasteiger partial charge in [-0.05, 0) is 24.6 Å². The minimum absolute atomic E-state index is 0.173. The first-order valence-corrected chi connectivity index (χ1v) is 6.33. The van der Waals surface area contributed by atoms with E-state index in [1.54, 1.807) is 11.0 Å². The molecule has 1 rings (SSSR count). The smallest absolute Gasteiger partial charge is 0.240 e. The van der Waals surface area contributed by atoms with Gasteiger partial charge >= 0.3 is 0 Å². The number of nitrogens with two attached hydrogens (primary N) is 1. The third-order valence-corrected chi connectivity index (χ3v) is 2.94. The van der Waals surface area contributed by atoms with E-state index in [2.05, 4.69) is 5.92 Å². The van der Waals surface area contributed by atoms with Crippen molar-refractivity contribution in [2.24, 2.45) is 5.73 Å². The van der Waals surface area contributed by atoms with Crippen LogP contribution in [0.4, 0.5) is 4.39 Å². The number of likely N-dealkylation sites (N-methyl/N-ethyl adjacent to an activating group) is 1. The van der Waals surface area contributed by atoms with Crippen molar-refractivity contribution in [3.05, 3.63) is 29.6 Å². The summed E-state index contributed by atoms with van der Waals surface area (Å²) in [4.78, 5) is 13.6. The fraction of sp³-hybridized carbons (Fsp3) is 0.400. The summed E-state index contributed by atoms with van der Waals surface area (Å²) in [5.41, 5.74) is 6.38.